The number of benzene rings is 1. The van der Waals surface area contributed by atoms with Gasteiger partial charge in [0.15, 0.2) is 0 Å². The van der Waals surface area contributed by atoms with E-state index in [2.05, 4.69) is 22.5 Å². The molecule has 2 aromatic rings. The third-order valence-corrected chi connectivity index (χ3v) is 2.99. The van der Waals surface area contributed by atoms with Crippen LogP contribution in [0.3, 0.4) is 0 Å². The molecule has 5 heteroatoms. The minimum Gasteiger partial charge on any atom is -0.370 e. The highest BCUT2D eigenvalue weighted by Gasteiger charge is 2.12. The Labute approximate surface area is 123 Å². The second-order valence-corrected chi connectivity index (χ2v) is 4.70. The summed E-state index contributed by atoms with van der Waals surface area (Å²) in [6, 6.07) is 10.9. The van der Waals surface area contributed by atoms with Crippen LogP contribution in [0.4, 0.5) is 11.5 Å². The lowest BCUT2D eigenvalue weighted by Crippen LogP contribution is -2.13. The van der Waals surface area contributed by atoms with Crippen molar-refractivity contribution in [1.29, 1.82) is 0 Å². The monoisotopic (exact) mass is 289 g/mol. The fourth-order valence-electron chi connectivity index (χ4n) is 1.68. The van der Waals surface area contributed by atoms with Crippen LogP contribution < -0.4 is 10.6 Å². The van der Waals surface area contributed by atoms with Crippen LogP contribution in [-0.4, -0.2) is 17.4 Å². The van der Waals surface area contributed by atoms with Crippen molar-refractivity contribution in [1.82, 2.24) is 4.98 Å². The molecule has 2 rings (SSSR count). The number of anilines is 2. The number of para-hydroxylation sites is 1. The molecule has 0 bridgehead atoms. The molecule has 1 heterocycles. The van der Waals surface area contributed by atoms with E-state index in [1.807, 2.05) is 30.3 Å². The van der Waals surface area contributed by atoms with Gasteiger partial charge < -0.3 is 10.6 Å². The van der Waals surface area contributed by atoms with Crippen molar-refractivity contribution < 1.29 is 4.79 Å². The first kappa shape index (κ1) is 14.3. The van der Waals surface area contributed by atoms with E-state index in [4.69, 9.17) is 11.6 Å². The van der Waals surface area contributed by atoms with Crippen molar-refractivity contribution in [2.75, 3.05) is 17.2 Å². The number of amides is 1. The van der Waals surface area contributed by atoms with Gasteiger partial charge in [0.05, 0.1) is 10.6 Å². The van der Waals surface area contributed by atoms with Crippen LogP contribution >= 0.6 is 11.6 Å². The Balaban J connectivity index is 2.16. The molecule has 4 nitrogen and oxygen atoms in total. The van der Waals surface area contributed by atoms with Gasteiger partial charge >= 0.3 is 0 Å². The standard InChI is InChI=1S/C15H16ClN3O/c1-2-8-17-14-9-12(13(16)10-18-14)15(20)19-11-6-4-3-5-7-11/h3-7,9-10H,2,8H2,1H3,(H,17,18)(H,19,20). The Morgan fingerprint density at radius 3 is 2.75 bits per heavy atom. The average molecular weight is 290 g/mol. The number of hydrogen-bond donors (Lipinski definition) is 2. The van der Waals surface area contributed by atoms with Gasteiger partial charge in [0.1, 0.15) is 5.82 Å². The normalized spacial score (nSPS) is 10.1. The van der Waals surface area contributed by atoms with Crippen molar-refractivity contribution in [2.24, 2.45) is 0 Å². The van der Waals surface area contributed by atoms with E-state index in [1.54, 1.807) is 6.07 Å². The summed E-state index contributed by atoms with van der Waals surface area (Å²) in [6.45, 7) is 2.86. The van der Waals surface area contributed by atoms with Gasteiger partial charge in [-0.05, 0) is 24.6 Å². The molecule has 0 atom stereocenters. The van der Waals surface area contributed by atoms with Gasteiger partial charge in [-0.2, -0.15) is 0 Å². The molecule has 0 aliphatic rings. The molecule has 0 saturated heterocycles. The van der Waals surface area contributed by atoms with E-state index in [0.717, 1.165) is 18.7 Å². The van der Waals surface area contributed by atoms with Gasteiger partial charge in [-0.3, -0.25) is 4.79 Å². The maximum Gasteiger partial charge on any atom is 0.257 e. The van der Waals surface area contributed by atoms with E-state index in [-0.39, 0.29) is 5.91 Å². The molecule has 1 aromatic carbocycles. The molecule has 2 N–H and O–H groups in total. The van der Waals surface area contributed by atoms with Crippen molar-refractivity contribution in [3.05, 3.63) is 53.2 Å². The Kier molecular flexibility index (Phi) is 4.96. The Hall–Kier alpha value is -2.07. The minimum absolute atomic E-state index is 0.247. The first-order chi connectivity index (χ1) is 9.70. The number of pyridine rings is 1. The number of aromatic nitrogens is 1. The summed E-state index contributed by atoms with van der Waals surface area (Å²) >= 11 is 6.04. The number of hydrogen-bond acceptors (Lipinski definition) is 3. The Morgan fingerprint density at radius 1 is 1.30 bits per heavy atom. The van der Waals surface area contributed by atoms with Gasteiger partial charge in [-0.15, -0.1) is 0 Å². The van der Waals surface area contributed by atoms with Gasteiger partial charge in [0.25, 0.3) is 5.91 Å². The SMILES string of the molecule is CCCNc1cc(C(=O)Nc2ccccc2)c(Cl)cn1. The molecule has 0 radical (unpaired) electrons. The van der Waals surface area contributed by atoms with Crippen LogP contribution in [0.25, 0.3) is 0 Å². The van der Waals surface area contributed by atoms with Crippen LogP contribution in [0, 0.1) is 0 Å². The number of nitrogens with one attached hydrogen (secondary N) is 2. The van der Waals surface area contributed by atoms with Crippen molar-refractivity contribution >= 4 is 29.0 Å². The smallest absolute Gasteiger partial charge is 0.257 e. The highest BCUT2D eigenvalue weighted by molar-refractivity contribution is 6.34. The summed E-state index contributed by atoms with van der Waals surface area (Å²) in [5.41, 5.74) is 1.14. The summed E-state index contributed by atoms with van der Waals surface area (Å²) in [6.07, 6.45) is 2.47. The molecule has 0 saturated carbocycles. The van der Waals surface area contributed by atoms with Gasteiger partial charge in [0, 0.05) is 18.4 Å². The summed E-state index contributed by atoms with van der Waals surface area (Å²) in [7, 11) is 0. The third-order valence-electron chi connectivity index (χ3n) is 2.69. The molecule has 0 fully saturated rings. The van der Waals surface area contributed by atoms with Crippen LogP contribution in [0.2, 0.25) is 5.02 Å². The van der Waals surface area contributed by atoms with E-state index >= 15 is 0 Å². The first-order valence-electron chi connectivity index (χ1n) is 6.46. The van der Waals surface area contributed by atoms with E-state index in [0.29, 0.717) is 16.4 Å². The summed E-state index contributed by atoms with van der Waals surface area (Å²) in [5, 5.41) is 6.27. The molecule has 1 aromatic heterocycles. The fraction of sp³-hybridized carbons (Fsp3) is 0.200. The van der Waals surface area contributed by atoms with Gasteiger partial charge in [-0.1, -0.05) is 36.7 Å². The lowest BCUT2D eigenvalue weighted by molar-refractivity contribution is 0.102. The number of carbonyl (C=O) groups excluding carboxylic acids is 1. The quantitative estimate of drug-likeness (QED) is 0.880. The maximum absolute atomic E-state index is 12.2. The van der Waals surface area contributed by atoms with Gasteiger partial charge in [-0.25, -0.2) is 4.98 Å². The predicted molar refractivity (Wildman–Crippen MR) is 82.4 cm³/mol. The molecule has 1 amide bonds. The second kappa shape index (κ2) is 6.91. The molecular weight excluding hydrogens is 274 g/mol. The average Bonchev–Trinajstić information content (AvgIpc) is 2.47. The number of rotatable bonds is 5. The molecule has 0 unspecified atom stereocenters. The molecule has 0 aliphatic carbocycles. The fourth-order valence-corrected chi connectivity index (χ4v) is 1.87. The zero-order chi connectivity index (χ0) is 14.4. The molecule has 104 valence electrons. The largest absolute Gasteiger partial charge is 0.370 e. The zero-order valence-corrected chi connectivity index (χ0v) is 11.9. The summed E-state index contributed by atoms with van der Waals surface area (Å²) in [5.74, 6) is 0.401. The maximum atomic E-state index is 12.2. The molecular formula is C15H16ClN3O. The Bertz CT molecular complexity index is 587. The molecule has 0 aliphatic heterocycles. The number of halogens is 1. The summed E-state index contributed by atoms with van der Waals surface area (Å²) < 4.78 is 0. The van der Waals surface area contributed by atoms with Crippen LogP contribution in [-0.2, 0) is 0 Å². The van der Waals surface area contributed by atoms with E-state index in [9.17, 15) is 4.79 Å². The third kappa shape index (κ3) is 3.71. The second-order valence-electron chi connectivity index (χ2n) is 4.30. The highest BCUT2D eigenvalue weighted by Crippen LogP contribution is 2.19. The van der Waals surface area contributed by atoms with Gasteiger partial charge in [0.2, 0.25) is 0 Å². The lowest BCUT2D eigenvalue weighted by Gasteiger charge is -2.09. The van der Waals surface area contributed by atoms with Crippen molar-refractivity contribution in [2.45, 2.75) is 13.3 Å². The number of nitrogens with zero attached hydrogens (tertiary/aromatic N) is 1. The van der Waals surface area contributed by atoms with Crippen molar-refractivity contribution in [3.8, 4) is 0 Å². The van der Waals surface area contributed by atoms with Crippen LogP contribution in [0.1, 0.15) is 23.7 Å². The summed E-state index contributed by atoms with van der Waals surface area (Å²) in [4.78, 5) is 16.4. The first-order valence-corrected chi connectivity index (χ1v) is 6.84. The number of carbonyl (C=O) groups is 1. The Morgan fingerprint density at radius 2 is 2.05 bits per heavy atom. The molecule has 0 spiro atoms. The van der Waals surface area contributed by atoms with Crippen molar-refractivity contribution in [3.63, 3.8) is 0 Å². The van der Waals surface area contributed by atoms with E-state index in [1.165, 1.54) is 6.20 Å². The minimum atomic E-state index is -0.247. The topological polar surface area (TPSA) is 54.0 Å². The van der Waals surface area contributed by atoms with Crippen LogP contribution in [0.15, 0.2) is 42.6 Å². The highest BCUT2D eigenvalue weighted by atomic mass is 35.5. The van der Waals surface area contributed by atoms with E-state index < -0.39 is 0 Å². The lowest BCUT2D eigenvalue weighted by atomic mass is 10.2. The predicted octanol–water partition coefficient (Wildman–Crippen LogP) is 3.81. The zero-order valence-electron chi connectivity index (χ0n) is 11.2. The molecule has 20 heavy (non-hydrogen) atoms. The van der Waals surface area contributed by atoms with Crippen LogP contribution in [0.5, 0.6) is 0 Å².